The maximum Gasteiger partial charge on any atom is 0.161 e. The molecule has 30 heavy (non-hydrogen) atoms. The minimum Gasteiger partial charge on any atom is -0.493 e. The summed E-state index contributed by atoms with van der Waals surface area (Å²) in [4.78, 5) is 4.80. The molecule has 2 N–H and O–H groups in total. The third kappa shape index (κ3) is 7.41. The Hall–Kier alpha value is -1.34. The molecule has 1 unspecified atom stereocenters. The van der Waals surface area contributed by atoms with Crippen LogP contribution in [0.15, 0.2) is 18.2 Å². The molecule has 1 aromatic rings. The molecule has 6 heteroatoms. The van der Waals surface area contributed by atoms with E-state index in [1.54, 1.807) is 7.11 Å². The largest absolute Gasteiger partial charge is 0.493 e. The third-order valence-electron chi connectivity index (χ3n) is 6.45. The normalized spacial score (nSPS) is 21.0. The van der Waals surface area contributed by atoms with E-state index < -0.39 is 6.10 Å². The van der Waals surface area contributed by atoms with Crippen LogP contribution in [0.3, 0.4) is 0 Å². The standard InChI is InChI=1S/C24H40N2O4/c1-29-23-8-7-21(16-26-13-9-20(18-27)10-14-26)15-24(23)30-19-22(28)17-25-11-5-3-2-4-6-12-25/h7-8,15,20,22,27-28H,2-6,9-14,16-19H2,1H3. The van der Waals surface area contributed by atoms with Gasteiger partial charge >= 0.3 is 0 Å². The van der Waals surface area contributed by atoms with Crippen LogP contribution in [0.1, 0.15) is 50.5 Å². The van der Waals surface area contributed by atoms with Crippen molar-refractivity contribution in [1.82, 2.24) is 9.80 Å². The molecule has 0 radical (unpaired) electrons. The lowest BCUT2D eigenvalue weighted by molar-refractivity contribution is 0.0644. The summed E-state index contributed by atoms with van der Waals surface area (Å²) >= 11 is 0. The Kier molecular flexibility index (Phi) is 9.72. The Morgan fingerprint density at radius 1 is 0.967 bits per heavy atom. The minimum atomic E-state index is -0.504. The van der Waals surface area contributed by atoms with Gasteiger partial charge in [-0.15, -0.1) is 0 Å². The van der Waals surface area contributed by atoms with Crippen LogP contribution < -0.4 is 9.47 Å². The lowest BCUT2D eigenvalue weighted by Crippen LogP contribution is -2.37. The van der Waals surface area contributed by atoms with Crippen LogP contribution >= 0.6 is 0 Å². The maximum absolute atomic E-state index is 10.5. The van der Waals surface area contributed by atoms with Crippen molar-refractivity contribution in [2.45, 2.75) is 57.6 Å². The highest BCUT2D eigenvalue weighted by molar-refractivity contribution is 5.43. The van der Waals surface area contributed by atoms with Crippen molar-refractivity contribution < 1.29 is 19.7 Å². The molecule has 0 saturated carbocycles. The zero-order valence-electron chi connectivity index (χ0n) is 18.6. The molecule has 0 aliphatic carbocycles. The van der Waals surface area contributed by atoms with E-state index in [1.807, 2.05) is 12.1 Å². The number of methoxy groups -OCH3 is 1. The van der Waals surface area contributed by atoms with Crippen molar-refractivity contribution in [2.24, 2.45) is 5.92 Å². The highest BCUT2D eigenvalue weighted by atomic mass is 16.5. The molecule has 2 saturated heterocycles. The van der Waals surface area contributed by atoms with Crippen LogP contribution in [0.4, 0.5) is 0 Å². The zero-order chi connectivity index (χ0) is 21.2. The molecular formula is C24H40N2O4. The average Bonchev–Trinajstić information content (AvgIpc) is 2.75. The summed E-state index contributed by atoms with van der Waals surface area (Å²) < 4.78 is 11.5. The van der Waals surface area contributed by atoms with Crippen LogP contribution in [-0.2, 0) is 6.54 Å². The van der Waals surface area contributed by atoms with E-state index in [9.17, 15) is 10.2 Å². The Balaban J connectivity index is 1.50. The van der Waals surface area contributed by atoms with E-state index >= 15 is 0 Å². The molecule has 3 rings (SSSR count). The van der Waals surface area contributed by atoms with Crippen molar-refractivity contribution in [3.05, 3.63) is 23.8 Å². The van der Waals surface area contributed by atoms with Gasteiger partial charge in [-0.25, -0.2) is 0 Å². The van der Waals surface area contributed by atoms with Crippen molar-refractivity contribution >= 4 is 0 Å². The first-order chi connectivity index (χ1) is 14.7. The first-order valence-corrected chi connectivity index (χ1v) is 11.7. The van der Waals surface area contributed by atoms with Gasteiger partial charge in [0.25, 0.3) is 0 Å². The van der Waals surface area contributed by atoms with Gasteiger partial charge in [0.15, 0.2) is 11.5 Å². The first-order valence-electron chi connectivity index (χ1n) is 11.7. The molecule has 1 aromatic carbocycles. The number of β-amino-alcohol motifs (C(OH)–C–C–N with tert-alkyl or cyclic N) is 1. The second-order valence-electron chi connectivity index (χ2n) is 8.92. The lowest BCUT2D eigenvalue weighted by atomic mass is 9.97. The number of aliphatic hydroxyl groups excluding tert-OH is 2. The number of ether oxygens (including phenoxy) is 2. The number of piperidine rings is 1. The number of hydrogen-bond acceptors (Lipinski definition) is 6. The first kappa shape index (κ1) is 23.3. The van der Waals surface area contributed by atoms with Gasteiger partial charge < -0.3 is 24.6 Å². The zero-order valence-corrected chi connectivity index (χ0v) is 18.6. The van der Waals surface area contributed by atoms with Gasteiger partial charge in [0.1, 0.15) is 12.7 Å². The van der Waals surface area contributed by atoms with Gasteiger partial charge in [-0.3, -0.25) is 4.90 Å². The number of benzene rings is 1. The number of aliphatic hydroxyl groups is 2. The fourth-order valence-electron chi connectivity index (χ4n) is 4.55. The average molecular weight is 421 g/mol. The van der Waals surface area contributed by atoms with Crippen LogP contribution in [0, 0.1) is 5.92 Å². The molecule has 170 valence electrons. The van der Waals surface area contributed by atoms with Crippen molar-refractivity contribution in [3.63, 3.8) is 0 Å². The molecule has 2 heterocycles. The summed E-state index contributed by atoms with van der Waals surface area (Å²) in [6.07, 6.45) is 7.98. The number of hydrogen-bond donors (Lipinski definition) is 2. The van der Waals surface area contributed by atoms with E-state index in [0.717, 1.165) is 45.6 Å². The molecule has 2 aliphatic rings. The second-order valence-corrected chi connectivity index (χ2v) is 8.92. The van der Waals surface area contributed by atoms with Crippen molar-refractivity contribution in [2.75, 3.05) is 53.0 Å². The van der Waals surface area contributed by atoms with Crippen LogP contribution in [-0.4, -0.2) is 79.2 Å². The Bertz CT molecular complexity index is 611. The van der Waals surface area contributed by atoms with Crippen molar-refractivity contribution in [1.29, 1.82) is 0 Å². The van der Waals surface area contributed by atoms with E-state index in [4.69, 9.17) is 9.47 Å². The Morgan fingerprint density at radius 2 is 1.67 bits per heavy atom. The van der Waals surface area contributed by atoms with E-state index in [0.29, 0.717) is 30.6 Å². The Labute approximate surface area is 181 Å². The molecule has 0 aromatic heterocycles. The number of nitrogens with zero attached hydrogens (tertiary/aromatic N) is 2. The van der Waals surface area contributed by atoms with Gasteiger partial charge in [-0.05, 0) is 75.5 Å². The molecule has 6 nitrogen and oxygen atoms in total. The topological polar surface area (TPSA) is 65.4 Å². The van der Waals surface area contributed by atoms with E-state index in [2.05, 4.69) is 15.9 Å². The third-order valence-corrected chi connectivity index (χ3v) is 6.45. The molecule has 0 spiro atoms. The predicted molar refractivity (Wildman–Crippen MR) is 119 cm³/mol. The Morgan fingerprint density at radius 3 is 2.33 bits per heavy atom. The van der Waals surface area contributed by atoms with Crippen molar-refractivity contribution in [3.8, 4) is 11.5 Å². The van der Waals surface area contributed by atoms with Gasteiger partial charge in [0, 0.05) is 19.7 Å². The molecule has 0 bridgehead atoms. The van der Waals surface area contributed by atoms with E-state index in [1.165, 1.54) is 37.7 Å². The fraction of sp³-hybridized carbons (Fsp3) is 0.750. The smallest absolute Gasteiger partial charge is 0.161 e. The molecule has 0 amide bonds. The van der Waals surface area contributed by atoms with Gasteiger partial charge in [-0.2, -0.15) is 0 Å². The number of rotatable bonds is 9. The van der Waals surface area contributed by atoms with Gasteiger partial charge in [-0.1, -0.05) is 25.3 Å². The summed E-state index contributed by atoms with van der Waals surface area (Å²) in [5.74, 6) is 1.86. The molecule has 2 aliphatic heterocycles. The monoisotopic (exact) mass is 420 g/mol. The van der Waals surface area contributed by atoms with Crippen LogP contribution in [0.25, 0.3) is 0 Å². The summed E-state index contributed by atoms with van der Waals surface area (Å²) in [6, 6.07) is 6.08. The highest BCUT2D eigenvalue weighted by Gasteiger charge is 2.19. The van der Waals surface area contributed by atoms with Crippen LogP contribution in [0.5, 0.6) is 11.5 Å². The summed E-state index contributed by atoms with van der Waals surface area (Å²) in [5, 5.41) is 19.9. The van der Waals surface area contributed by atoms with Gasteiger partial charge in [0.2, 0.25) is 0 Å². The quantitative estimate of drug-likeness (QED) is 0.640. The molecule has 1 atom stereocenters. The van der Waals surface area contributed by atoms with Gasteiger partial charge in [0.05, 0.1) is 7.11 Å². The highest BCUT2D eigenvalue weighted by Crippen LogP contribution is 2.29. The second kappa shape index (κ2) is 12.5. The lowest BCUT2D eigenvalue weighted by Gasteiger charge is -2.31. The molecule has 2 fully saturated rings. The SMILES string of the molecule is COc1ccc(CN2CCC(CO)CC2)cc1OCC(O)CN1CCCCCCC1. The van der Waals surface area contributed by atoms with Crippen LogP contribution in [0.2, 0.25) is 0 Å². The summed E-state index contributed by atoms with van der Waals surface area (Å²) in [5.41, 5.74) is 1.19. The van der Waals surface area contributed by atoms with E-state index in [-0.39, 0.29) is 6.61 Å². The predicted octanol–water partition coefficient (Wildman–Crippen LogP) is 2.91. The number of likely N-dealkylation sites (tertiary alicyclic amines) is 2. The summed E-state index contributed by atoms with van der Waals surface area (Å²) in [6.45, 7) is 6.29. The fourth-order valence-corrected chi connectivity index (χ4v) is 4.55. The minimum absolute atomic E-state index is 0.276. The molecular weight excluding hydrogens is 380 g/mol. The maximum atomic E-state index is 10.5. The summed E-state index contributed by atoms with van der Waals surface area (Å²) in [7, 11) is 1.65.